The van der Waals surface area contributed by atoms with Crippen LogP contribution in [0.3, 0.4) is 0 Å². The maximum atomic E-state index is 12.9. The second-order valence-electron chi connectivity index (χ2n) is 7.48. The molecular formula is C23H22N2O3. The maximum Gasteiger partial charge on any atom is 0.255 e. The third-order valence-corrected chi connectivity index (χ3v) is 5.65. The molecule has 3 atom stereocenters. The quantitative estimate of drug-likeness (QED) is 0.653. The lowest BCUT2D eigenvalue weighted by atomic mass is 9.78. The van der Waals surface area contributed by atoms with Crippen LogP contribution in [-0.4, -0.2) is 17.7 Å². The van der Waals surface area contributed by atoms with Crippen LogP contribution in [0, 0.1) is 24.7 Å². The molecule has 142 valence electrons. The lowest BCUT2D eigenvalue weighted by Gasteiger charge is -2.22. The van der Waals surface area contributed by atoms with Crippen LogP contribution in [0.5, 0.6) is 0 Å². The minimum atomic E-state index is -0.290. The van der Waals surface area contributed by atoms with Gasteiger partial charge in [-0.2, -0.15) is 0 Å². The largest absolute Gasteiger partial charge is 0.322 e. The van der Waals surface area contributed by atoms with Crippen molar-refractivity contribution in [1.82, 2.24) is 0 Å². The molecule has 1 heterocycles. The first-order chi connectivity index (χ1) is 13.5. The average Bonchev–Trinajstić information content (AvgIpc) is 2.95. The molecule has 1 fully saturated rings. The Kier molecular flexibility index (Phi) is 4.59. The van der Waals surface area contributed by atoms with E-state index >= 15 is 0 Å². The SMILES string of the molecule is Cc1ccccc1NC(=O)c1ccc(N2C(=O)[C@@H]3[C@@H](C)C=CC[C@H]3C2=O)cc1. The molecule has 3 amide bonds. The zero-order valence-electron chi connectivity index (χ0n) is 15.9. The van der Waals surface area contributed by atoms with E-state index in [1.54, 1.807) is 24.3 Å². The second kappa shape index (κ2) is 7.08. The number of benzene rings is 2. The van der Waals surface area contributed by atoms with Gasteiger partial charge in [0.1, 0.15) is 0 Å². The Hall–Kier alpha value is -3.21. The lowest BCUT2D eigenvalue weighted by Crippen LogP contribution is -2.31. The predicted octanol–water partition coefficient (Wildman–Crippen LogP) is 3.95. The van der Waals surface area contributed by atoms with Gasteiger partial charge in [-0.15, -0.1) is 0 Å². The third-order valence-electron chi connectivity index (χ3n) is 5.65. The fraction of sp³-hybridized carbons (Fsp3) is 0.261. The molecule has 0 spiro atoms. The minimum Gasteiger partial charge on any atom is -0.322 e. The molecule has 2 aromatic rings. The molecular weight excluding hydrogens is 352 g/mol. The van der Waals surface area contributed by atoms with Crippen molar-refractivity contribution in [3.05, 3.63) is 71.8 Å². The normalized spacial score (nSPS) is 23.6. The maximum absolute atomic E-state index is 12.9. The van der Waals surface area contributed by atoms with Gasteiger partial charge in [-0.05, 0) is 55.2 Å². The molecule has 0 unspecified atom stereocenters. The lowest BCUT2D eigenvalue weighted by molar-refractivity contribution is -0.122. The molecule has 0 bridgehead atoms. The molecule has 0 radical (unpaired) electrons. The number of carbonyl (C=O) groups is 3. The molecule has 5 nitrogen and oxygen atoms in total. The third kappa shape index (κ3) is 3.03. The number of amides is 3. The summed E-state index contributed by atoms with van der Waals surface area (Å²) >= 11 is 0. The first-order valence-electron chi connectivity index (χ1n) is 9.49. The van der Waals surface area contributed by atoms with E-state index < -0.39 is 0 Å². The number of nitrogens with one attached hydrogen (secondary N) is 1. The molecule has 2 aromatic carbocycles. The van der Waals surface area contributed by atoms with Crippen LogP contribution in [0.2, 0.25) is 0 Å². The van der Waals surface area contributed by atoms with Crippen molar-refractivity contribution in [2.75, 3.05) is 10.2 Å². The fourth-order valence-electron chi connectivity index (χ4n) is 4.07. The minimum absolute atomic E-state index is 0.0550. The highest BCUT2D eigenvalue weighted by Gasteiger charge is 2.50. The molecule has 1 aliphatic heterocycles. The van der Waals surface area contributed by atoms with Crippen LogP contribution in [0.15, 0.2) is 60.7 Å². The molecule has 2 aliphatic rings. The molecule has 1 saturated heterocycles. The van der Waals surface area contributed by atoms with Crippen LogP contribution in [-0.2, 0) is 9.59 Å². The Morgan fingerprint density at radius 3 is 2.43 bits per heavy atom. The first kappa shape index (κ1) is 18.2. The number of fused-ring (bicyclic) bond motifs is 1. The number of para-hydroxylation sites is 1. The van der Waals surface area contributed by atoms with E-state index in [-0.39, 0.29) is 35.5 Å². The van der Waals surface area contributed by atoms with Gasteiger partial charge in [0.05, 0.1) is 17.5 Å². The molecule has 0 aromatic heterocycles. The van der Waals surface area contributed by atoms with E-state index in [1.165, 1.54) is 4.90 Å². The average molecular weight is 374 g/mol. The van der Waals surface area contributed by atoms with Gasteiger partial charge in [-0.25, -0.2) is 0 Å². The number of anilines is 2. The monoisotopic (exact) mass is 374 g/mol. The standard InChI is InChI=1S/C23H22N2O3/c1-14-6-3-4-9-19(14)24-21(26)16-10-12-17(13-11-16)25-22(27)18-8-5-7-15(2)20(18)23(25)28/h3-7,9-13,15,18,20H,8H2,1-2H3,(H,24,26)/t15-,18+,20+/m0/s1. The summed E-state index contributed by atoms with van der Waals surface area (Å²) < 4.78 is 0. The van der Waals surface area contributed by atoms with Crippen LogP contribution >= 0.6 is 0 Å². The summed E-state index contributed by atoms with van der Waals surface area (Å²) in [7, 11) is 0. The van der Waals surface area contributed by atoms with Gasteiger partial charge in [-0.1, -0.05) is 37.3 Å². The summed E-state index contributed by atoms with van der Waals surface area (Å²) in [5.74, 6) is -1.05. The Morgan fingerprint density at radius 2 is 1.75 bits per heavy atom. The number of nitrogens with zero attached hydrogens (tertiary/aromatic N) is 1. The highest BCUT2D eigenvalue weighted by molar-refractivity contribution is 6.22. The van der Waals surface area contributed by atoms with Crippen molar-refractivity contribution in [1.29, 1.82) is 0 Å². The van der Waals surface area contributed by atoms with Gasteiger partial charge in [0.25, 0.3) is 5.91 Å². The molecule has 1 aliphatic carbocycles. The summed E-state index contributed by atoms with van der Waals surface area (Å²) in [5, 5.41) is 2.88. The molecule has 28 heavy (non-hydrogen) atoms. The number of imide groups is 1. The Morgan fingerprint density at radius 1 is 1.04 bits per heavy atom. The Bertz CT molecular complexity index is 978. The predicted molar refractivity (Wildman–Crippen MR) is 108 cm³/mol. The van der Waals surface area contributed by atoms with Crippen LogP contribution < -0.4 is 10.2 Å². The van der Waals surface area contributed by atoms with Gasteiger partial charge >= 0.3 is 0 Å². The number of allylic oxidation sites excluding steroid dienone is 2. The number of rotatable bonds is 3. The summed E-state index contributed by atoms with van der Waals surface area (Å²) in [6.07, 6.45) is 4.60. The number of aryl methyl sites for hydroxylation is 1. The van der Waals surface area contributed by atoms with Crippen LogP contribution in [0.4, 0.5) is 11.4 Å². The van der Waals surface area contributed by atoms with Crippen LogP contribution in [0.1, 0.15) is 29.3 Å². The summed E-state index contributed by atoms with van der Waals surface area (Å²) in [6.45, 7) is 3.90. The molecule has 4 rings (SSSR count). The number of hydrogen-bond donors (Lipinski definition) is 1. The molecule has 1 N–H and O–H groups in total. The first-order valence-corrected chi connectivity index (χ1v) is 9.49. The van der Waals surface area contributed by atoms with Crippen molar-refractivity contribution in [2.24, 2.45) is 17.8 Å². The number of hydrogen-bond acceptors (Lipinski definition) is 3. The van der Waals surface area contributed by atoms with Crippen molar-refractivity contribution < 1.29 is 14.4 Å². The van der Waals surface area contributed by atoms with E-state index in [4.69, 9.17) is 0 Å². The molecule has 5 heteroatoms. The zero-order valence-corrected chi connectivity index (χ0v) is 15.9. The Labute approximate surface area is 164 Å². The van der Waals surface area contributed by atoms with Gasteiger partial charge < -0.3 is 5.32 Å². The van der Waals surface area contributed by atoms with Gasteiger partial charge in [0.15, 0.2) is 0 Å². The van der Waals surface area contributed by atoms with Gasteiger partial charge in [-0.3, -0.25) is 19.3 Å². The van der Waals surface area contributed by atoms with E-state index in [0.717, 1.165) is 11.3 Å². The van der Waals surface area contributed by atoms with Crippen molar-refractivity contribution in [3.63, 3.8) is 0 Å². The summed E-state index contributed by atoms with van der Waals surface area (Å²) in [4.78, 5) is 39.4. The van der Waals surface area contributed by atoms with E-state index in [2.05, 4.69) is 5.32 Å². The highest BCUT2D eigenvalue weighted by atomic mass is 16.2. The van der Waals surface area contributed by atoms with Gasteiger partial charge in [0.2, 0.25) is 11.8 Å². The zero-order chi connectivity index (χ0) is 19.8. The Balaban J connectivity index is 1.54. The summed E-state index contributed by atoms with van der Waals surface area (Å²) in [5.41, 5.74) is 2.72. The van der Waals surface area contributed by atoms with Crippen molar-refractivity contribution in [2.45, 2.75) is 20.3 Å². The number of carbonyl (C=O) groups excluding carboxylic acids is 3. The van der Waals surface area contributed by atoms with Gasteiger partial charge in [0, 0.05) is 11.3 Å². The highest BCUT2D eigenvalue weighted by Crippen LogP contribution is 2.40. The molecule has 0 saturated carbocycles. The second-order valence-corrected chi connectivity index (χ2v) is 7.48. The van der Waals surface area contributed by atoms with Crippen molar-refractivity contribution in [3.8, 4) is 0 Å². The van der Waals surface area contributed by atoms with E-state index in [1.807, 2.05) is 50.3 Å². The van der Waals surface area contributed by atoms with E-state index in [0.29, 0.717) is 17.7 Å². The summed E-state index contributed by atoms with van der Waals surface area (Å²) in [6, 6.07) is 14.2. The van der Waals surface area contributed by atoms with Crippen LogP contribution in [0.25, 0.3) is 0 Å². The van der Waals surface area contributed by atoms with Crippen molar-refractivity contribution >= 4 is 29.1 Å². The fourth-order valence-corrected chi connectivity index (χ4v) is 4.07. The van der Waals surface area contributed by atoms with E-state index in [9.17, 15) is 14.4 Å². The smallest absolute Gasteiger partial charge is 0.255 e. The topological polar surface area (TPSA) is 66.5 Å².